The van der Waals surface area contributed by atoms with Gasteiger partial charge in [-0.2, -0.15) is 0 Å². The molecule has 0 aliphatic rings. The number of thiocarbonyl (C=S) groups is 1. The lowest BCUT2D eigenvalue weighted by molar-refractivity contribution is -0.114. The molecule has 0 atom stereocenters. The summed E-state index contributed by atoms with van der Waals surface area (Å²) in [6.07, 6.45) is 0. The third-order valence-electron chi connectivity index (χ3n) is 2.88. The highest BCUT2D eigenvalue weighted by atomic mass is 32.1. The Balaban J connectivity index is 1.96. The molecule has 2 rings (SSSR count). The molecule has 22 heavy (non-hydrogen) atoms. The van der Waals surface area contributed by atoms with Crippen molar-refractivity contribution in [3.63, 3.8) is 0 Å². The molecule has 0 saturated heterocycles. The van der Waals surface area contributed by atoms with Crippen LogP contribution in [-0.4, -0.2) is 11.0 Å². The summed E-state index contributed by atoms with van der Waals surface area (Å²) in [6, 6.07) is 11.8. The molecule has 0 saturated carbocycles. The van der Waals surface area contributed by atoms with E-state index in [9.17, 15) is 9.18 Å². The number of anilines is 3. The van der Waals surface area contributed by atoms with Gasteiger partial charge in [-0.15, -0.1) is 0 Å². The van der Waals surface area contributed by atoms with Gasteiger partial charge in [-0.1, -0.05) is 0 Å². The molecule has 0 aliphatic carbocycles. The van der Waals surface area contributed by atoms with E-state index in [0.29, 0.717) is 22.1 Å². The third-order valence-corrected chi connectivity index (χ3v) is 3.08. The number of rotatable bonds is 3. The van der Waals surface area contributed by atoms with E-state index in [4.69, 9.17) is 12.2 Å². The number of amides is 1. The first-order chi connectivity index (χ1) is 10.4. The molecule has 0 bridgehead atoms. The molecular weight excluding hydrogens is 301 g/mol. The van der Waals surface area contributed by atoms with E-state index in [1.807, 2.05) is 0 Å². The van der Waals surface area contributed by atoms with Crippen LogP contribution in [0.25, 0.3) is 0 Å². The van der Waals surface area contributed by atoms with Crippen molar-refractivity contribution in [2.45, 2.75) is 13.8 Å². The van der Waals surface area contributed by atoms with Crippen LogP contribution in [0.2, 0.25) is 0 Å². The van der Waals surface area contributed by atoms with Gasteiger partial charge in [0.05, 0.1) is 0 Å². The molecule has 0 heterocycles. The Morgan fingerprint density at radius 2 is 1.45 bits per heavy atom. The molecule has 0 fully saturated rings. The molecule has 2 aromatic carbocycles. The fourth-order valence-electron chi connectivity index (χ4n) is 1.86. The van der Waals surface area contributed by atoms with Gasteiger partial charge >= 0.3 is 0 Å². The number of carbonyl (C=O) groups excluding carboxylic acids is 1. The van der Waals surface area contributed by atoms with Crippen molar-refractivity contribution < 1.29 is 9.18 Å². The highest BCUT2D eigenvalue weighted by Gasteiger charge is 2.02. The molecule has 1 amide bonds. The molecule has 4 nitrogen and oxygen atoms in total. The van der Waals surface area contributed by atoms with E-state index in [0.717, 1.165) is 5.69 Å². The first-order valence-corrected chi connectivity index (χ1v) is 7.06. The van der Waals surface area contributed by atoms with Gasteiger partial charge in [0.2, 0.25) is 5.91 Å². The minimum atomic E-state index is -0.252. The van der Waals surface area contributed by atoms with E-state index in [2.05, 4.69) is 16.0 Å². The normalized spacial score (nSPS) is 9.95. The molecule has 0 aliphatic heterocycles. The largest absolute Gasteiger partial charge is 0.332 e. The Bertz CT molecular complexity index is 701. The highest BCUT2D eigenvalue weighted by Crippen LogP contribution is 2.16. The van der Waals surface area contributed by atoms with E-state index in [1.165, 1.54) is 13.0 Å². The molecule has 0 radical (unpaired) electrons. The van der Waals surface area contributed by atoms with Gasteiger partial charge < -0.3 is 16.0 Å². The average Bonchev–Trinajstić information content (AvgIpc) is 2.44. The first kappa shape index (κ1) is 15.9. The maximum atomic E-state index is 13.2. The minimum Gasteiger partial charge on any atom is -0.332 e. The zero-order valence-corrected chi connectivity index (χ0v) is 13.1. The summed E-state index contributed by atoms with van der Waals surface area (Å²) < 4.78 is 13.2. The first-order valence-electron chi connectivity index (χ1n) is 6.66. The number of benzene rings is 2. The second-order valence-corrected chi connectivity index (χ2v) is 5.21. The molecule has 3 N–H and O–H groups in total. The second kappa shape index (κ2) is 7.00. The monoisotopic (exact) mass is 317 g/mol. The fourth-order valence-corrected chi connectivity index (χ4v) is 2.09. The van der Waals surface area contributed by atoms with Crippen LogP contribution >= 0.6 is 12.2 Å². The Labute approximate surface area is 133 Å². The maximum absolute atomic E-state index is 13.2. The van der Waals surface area contributed by atoms with Crippen molar-refractivity contribution in [1.82, 2.24) is 0 Å². The van der Waals surface area contributed by atoms with Crippen LogP contribution in [0, 0.1) is 12.7 Å². The van der Waals surface area contributed by atoms with E-state index < -0.39 is 0 Å². The van der Waals surface area contributed by atoms with Gasteiger partial charge in [0, 0.05) is 24.0 Å². The lowest BCUT2D eigenvalue weighted by atomic mass is 10.2. The Kier molecular flexibility index (Phi) is 5.06. The molecular formula is C16H16FN3OS. The van der Waals surface area contributed by atoms with Gasteiger partial charge in [-0.25, -0.2) is 4.39 Å². The number of hydrogen-bond donors (Lipinski definition) is 3. The molecule has 2 aromatic rings. The van der Waals surface area contributed by atoms with E-state index in [1.54, 1.807) is 43.3 Å². The summed E-state index contributed by atoms with van der Waals surface area (Å²) >= 11 is 5.21. The summed E-state index contributed by atoms with van der Waals surface area (Å²) in [5.41, 5.74) is 2.76. The van der Waals surface area contributed by atoms with Gasteiger partial charge in [0.25, 0.3) is 0 Å². The van der Waals surface area contributed by atoms with Crippen LogP contribution in [-0.2, 0) is 4.79 Å². The zero-order chi connectivity index (χ0) is 16.1. The van der Waals surface area contributed by atoms with Crippen LogP contribution in [0.4, 0.5) is 21.5 Å². The quantitative estimate of drug-likeness (QED) is 0.752. The molecule has 0 unspecified atom stereocenters. The highest BCUT2D eigenvalue weighted by molar-refractivity contribution is 7.80. The molecule has 0 aromatic heterocycles. The Morgan fingerprint density at radius 1 is 0.955 bits per heavy atom. The average molecular weight is 317 g/mol. The van der Waals surface area contributed by atoms with E-state index in [-0.39, 0.29) is 11.7 Å². The van der Waals surface area contributed by atoms with Crippen molar-refractivity contribution in [2.75, 3.05) is 16.0 Å². The summed E-state index contributed by atoms with van der Waals surface area (Å²) in [7, 11) is 0. The van der Waals surface area contributed by atoms with Crippen molar-refractivity contribution >= 4 is 40.3 Å². The topological polar surface area (TPSA) is 53.2 Å². The Morgan fingerprint density at radius 3 is 2.00 bits per heavy atom. The number of hydrogen-bond acceptors (Lipinski definition) is 2. The van der Waals surface area contributed by atoms with Crippen LogP contribution in [0.15, 0.2) is 42.5 Å². The van der Waals surface area contributed by atoms with Gasteiger partial charge in [0.15, 0.2) is 5.11 Å². The molecule has 6 heteroatoms. The van der Waals surface area contributed by atoms with Crippen molar-refractivity contribution in [1.29, 1.82) is 0 Å². The zero-order valence-electron chi connectivity index (χ0n) is 12.2. The van der Waals surface area contributed by atoms with Crippen LogP contribution < -0.4 is 16.0 Å². The SMILES string of the molecule is CC(=O)Nc1ccc(NC(=S)Nc2ccc(F)c(C)c2)cc1. The Hall–Kier alpha value is -2.47. The molecule has 0 spiro atoms. The van der Waals surface area contributed by atoms with Crippen molar-refractivity contribution in [3.8, 4) is 0 Å². The second-order valence-electron chi connectivity index (χ2n) is 4.80. The number of carbonyl (C=O) groups is 1. The maximum Gasteiger partial charge on any atom is 0.221 e. The van der Waals surface area contributed by atoms with Crippen LogP contribution in [0.5, 0.6) is 0 Å². The number of aryl methyl sites for hydroxylation is 1. The summed E-state index contributed by atoms with van der Waals surface area (Å²) in [4.78, 5) is 10.9. The predicted octanol–water partition coefficient (Wildman–Crippen LogP) is 3.90. The van der Waals surface area contributed by atoms with Crippen LogP contribution in [0.1, 0.15) is 12.5 Å². The smallest absolute Gasteiger partial charge is 0.221 e. The standard InChI is InChI=1S/C16H16FN3OS/c1-10-9-14(7-8-15(10)17)20-16(22)19-13-5-3-12(4-6-13)18-11(2)21/h3-9H,1-2H3,(H,18,21)(H2,19,20,22). The van der Waals surface area contributed by atoms with Crippen molar-refractivity contribution in [2.24, 2.45) is 0 Å². The lowest BCUT2D eigenvalue weighted by Crippen LogP contribution is -2.19. The number of nitrogens with one attached hydrogen (secondary N) is 3. The minimum absolute atomic E-state index is 0.121. The lowest BCUT2D eigenvalue weighted by Gasteiger charge is -2.12. The fraction of sp³-hybridized carbons (Fsp3) is 0.125. The molecule has 114 valence electrons. The predicted molar refractivity (Wildman–Crippen MR) is 91.7 cm³/mol. The van der Waals surface area contributed by atoms with Gasteiger partial charge in [-0.3, -0.25) is 4.79 Å². The summed E-state index contributed by atoms with van der Waals surface area (Å²) in [5.74, 6) is -0.373. The van der Waals surface area contributed by atoms with Crippen molar-refractivity contribution in [3.05, 3.63) is 53.8 Å². The van der Waals surface area contributed by atoms with E-state index >= 15 is 0 Å². The summed E-state index contributed by atoms with van der Waals surface area (Å²) in [6.45, 7) is 3.15. The van der Waals surface area contributed by atoms with Gasteiger partial charge in [0.1, 0.15) is 5.82 Å². The van der Waals surface area contributed by atoms with Crippen LogP contribution in [0.3, 0.4) is 0 Å². The summed E-state index contributed by atoms with van der Waals surface area (Å²) in [5, 5.41) is 9.10. The van der Waals surface area contributed by atoms with Gasteiger partial charge in [-0.05, 0) is 67.2 Å². The number of halogens is 1. The third kappa shape index (κ3) is 4.53.